The van der Waals surface area contributed by atoms with Gasteiger partial charge in [-0.25, -0.2) is 0 Å². The molecule has 3 heteroatoms. The Hall–Kier alpha value is -0.240. The third-order valence-corrected chi connectivity index (χ3v) is 4.35. The van der Waals surface area contributed by atoms with Crippen LogP contribution >= 0.6 is 23.2 Å². The SMILES string of the molecule is CCCCCCCCCC(O)Cc1c(Cl)cccc1Cl. The summed E-state index contributed by atoms with van der Waals surface area (Å²) < 4.78 is 0. The van der Waals surface area contributed by atoms with Crippen molar-refractivity contribution in [2.45, 2.75) is 70.8 Å². The summed E-state index contributed by atoms with van der Waals surface area (Å²) in [7, 11) is 0. The molecule has 1 N–H and O–H groups in total. The zero-order chi connectivity index (χ0) is 14.8. The van der Waals surface area contributed by atoms with Crippen molar-refractivity contribution in [3.05, 3.63) is 33.8 Å². The standard InChI is InChI=1S/C17H26Cl2O/c1-2-3-4-5-6-7-8-10-14(20)13-15-16(18)11-9-12-17(15)19/h9,11-12,14,20H,2-8,10,13H2,1H3. The molecule has 1 aromatic rings. The Morgan fingerprint density at radius 2 is 1.50 bits per heavy atom. The van der Waals surface area contributed by atoms with Crippen LogP contribution in [-0.2, 0) is 6.42 Å². The number of hydrogen-bond donors (Lipinski definition) is 1. The fourth-order valence-corrected chi connectivity index (χ4v) is 2.95. The number of unbranched alkanes of at least 4 members (excludes halogenated alkanes) is 6. The van der Waals surface area contributed by atoms with Crippen LogP contribution < -0.4 is 0 Å². The minimum absolute atomic E-state index is 0.344. The molecule has 0 aliphatic rings. The summed E-state index contributed by atoms with van der Waals surface area (Å²) in [5.41, 5.74) is 0.867. The average molecular weight is 317 g/mol. The summed E-state index contributed by atoms with van der Waals surface area (Å²) in [5.74, 6) is 0. The van der Waals surface area contributed by atoms with Crippen molar-refractivity contribution in [2.75, 3.05) is 0 Å². The molecule has 20 heavy (non-hydrogen) atoms. The van der Waals surface area contributed by atoms with Crippen LogP contribution in [0.4, 0.5) is 0 Å². The highest BCUT2D eigenvalue weighted by molar-refractivity contribution is 6.35. The number of halogens is 2. The fourth-order valence-electron chi connectivity index (χ4n) is 2.40. The summed E-state index contributed by atoms with van der Waals surface area (Å²) >= 11 is 12.2. The first-order valence-electron chi connectivity index (χ1n) is 7.76. The summed E-state index contributed by atoms with van der Waals surface area (Å²) in [4.78, 5) is 0. The van der Waals surface area contributed by atoms with Gasteiger partial charge >= 0.3 is 0 Å². The highest BCUT2D eigenvalue weighted by Crippen LogP contribution is 2.26. The number of benzene rings is 1. The molecule has 0 spiro atoms. The monoisotopic (exact) mass is 316 g/mol. The van der Waals surface area contributed by atoms with E-state index in [1.165, 1.54) is 38.5 Å². The van der Waals surface area contributed by atoms with Crippen molar-refractivity contribution < 1.29 is 5.11 Å². The molecule has 1 nitrogen and oxygen atoms in total. The first-order chi connectivity index (χ1) is 9.65. The van der Waals surface area contributed by atoms with Gasteiger partial charge in [-0.3, -0.25) is 0 Å². The fraction of sp³-hybridized carbons (Fsp3) is 0.647. The zero-order valence-corrected chi connectivity index (χ0v) is 13.9. The molecule has 0 aliphatic carbocycles. The lowest BCUT2D eigenvalue weighted by Crippen LogP contribution is -2.11. The molecule has 0 radical (unpaired) electrons. The minimum atomic E-state index is -0.344. The zero-order valence-electron chi connectivity index (χ0n) is 12.4. The Balaban J connectivity index is 2.19. The number of hydrogen-bond acceptors (Lipinski definition) is 1. The molecule has 1 rings (SSSR count). The van der Waals surface area contributed by atoms with Gasteiger partial charge in [0, 0.05) is 16.5 Å². The van der Waals surface area contributed by atoms with Crippen LogP contribution in [0.1, 0.15) is 63.9 Å². The maximum absolute atomic E-state index is 10.1. The van der Waals surface area contributed by atoms with Crippen molar-refractivity contribution in [1.82, 2.24) is 0 Å². The van der Waals surface area contributed by atoms with Crippen LogP contribution in [0.2, 0.25) is 10.0 Å². The van der Waals surface area contributed by atoms with Crippen LogP contribution in [0.15, 0.2) is 18.2 Å². The Kier molecular flexibility index (Phi) is 9.33. The number of aliphatic hydroxyl groups excluding tert-OH is 1. The van der Waals surface area contributed by atoms with E-state index in [2.05, 4.69) is 6.92 Å². The van der Waals surface area contributed by atoms with E-state index in [4.69, 9.17) is 23.2 Å². The van der Waals surface area contributed by atoms with Crippen LogP contribution in [-0.4, -0.2) is 11.2 Å². The van der Waals surface area contributed by atoms with E-state index >= 15 is 0 Å². The van der Waals surface area contributed by atoms with Crippen molar-refractivity contribution in [3.8, 4) is 0 Å². The van der Waals surface area contributed by atoms with Crippen LogP contribution in [0.3, 0.4) is 0 Å². The van der Waals surface area contributed by atoms with Gasteiger partial charge in [-0.1, -0.05) is 81.1 Å². The molecular formula is C17H26Cl2O. The molecule has 0 aromatic heterocycles. The second kappa shape index (κ2) is 10.5. The third kappa shape index (κ3) is 6.97. The molecule has 0 bridgehead atoms. The lowest BCUT2D eigenvalue weighted by Gasteiger charge is -2.13. The van der Waals surface area contributed by atoms with Gasteiger partial charge in [-0.15, -0.1) is 0 Å². The second-order valence-corrected chi connectivity index (χ2v) is 6.28. The van der Waals surface area contributed by atoms with E-state index in [1.54, 1.807) is 0 Å². The number of rotatable bonds is 10. The maximum Gasteiger partial charge on any atom is 0.0581 e. The van der Waals surface area contributed by atoms with Crippen LogP contribution in [0.25, 0.3) is 0 Å². The molecule has 0 amide bonds. The summed E-state index contributed by atoms with van der Waals surface area (Å²) in [6.45, 7) is 2.23. The summed E-state index contributed by atoms with van der Waals surface area (Å²) in [6.07, 6.45) is 9.89. The van der Waals surface area contributed by atoms with Gasteiger partial charge in [0.05, 0.1) is 6.10 Å². The Bertz CT molecular complexity index is 359. The molecule has 0 saturated heterocycles. The highest BCUT2D eigenvalue weighted by atomic mass is 35.5. The van der Waals surface area contributed by atoms with Crippen LogP contribution in [0, 0.1) is 0 Å². The summed E-state index contributed by atoms with van der Waals surface area (Å²) in [6, 6.07) is 5.48. The van der Waals surface area contributed by atoms with Crippen LogP contribution in [0.5, 0.6) is 0 Å². The van der Waals surface area contributed by atoms with Gasteiger partial charge in [0.2, 0.25) is 0 Å². The predicted octanol–water partition coefficient (Wildman–Crippen LogP) is 6.04. The topological polar surface area (TPSA) is 20.2 Å². The van der Waals surface area contributed by atoms with Crippen molar-refractivity contribution in [2.24, 2.45) is 0 Å². The first kappa shape index (κ1) is 17.8. The molecular weight excluding hydrogens is 291 g/mol. The molecule has 0 saturated carbocycles. The summed E-state index contributed by atoms with van der Waals surface area (Å²) in [5, 5.41) is 11.4. The molecule has 0 aliphatic heterocycles. The molecule has 114 valence electrons. The van der Waals surface area contributed by atoms with Crippen molar-refractivity contribution in [1.29, 1.82) is 0 Å². The van der Waals surface area contributed by atoms with E-state index in [-0.39, 0.29) is 6.10 Å². The molecule has 1 aromatic carbocycles. The van der Waals surface area contributed by atoms with Gasteiger partial charge < -0.3 is 5.11 Å². The van der Waals surface area contributed by atoms with Crippen molar-refractivity contribution >= 4 is 23.2 Å². The van der Waals surface area contributed by atoms with Gasteiger partial charge in [-0.2, -0.15) is 0 Å². The Labute approximate surface area is 133 Å². The lowest BCUT2D eigenvalue weighted by molar-refractivity contribution is 0.161. The smallest absolute Gasteiger partial charge is 0.0581 e. The van der Waals surface area contributed by atoms with Gasteiger partial charge in [-0.05, 0) is 24.1 Å². The predicted molar refractivity (Wildman–Crippen MR) is 88.8 cm³/mol. The molecule has 1 atom stereocenters. The largest absolute Gasteiger partial charge is 0.393 e. The number of aliphatic hydroxyl groups is 1. The van der Waals surface area contributed by atoms with E-state index in [0.29, 0.717) is 16.5 Å². The molecule has 1 unspecified atom stereocenters. The highest BCUT2D eigenvalue weighted by Gasteiger charge is 2.11. The Morgan fingerprint density at radius 1 is 0.950 bits per heavy atom. The van der Waals surface area contributed by atoms with E-state index < -0.39 is 0 Å². The van der Waals surface area contributed by atoms with Gasteiger partial charge in [0.15, 0.2) is 0 Å². The third-order valence-electron chi connectivity index (χ3n) is 3.64. The average Bonchev–Trinajstić information content (AvgIpc) is 2.42. The maximum atomic E-state index is 10.1. The van der Waals surface area contributed by atoms with Gasteiger partial charge in [0.1, 0.15) is 0 Å². The Morgan fingerprint density at radius 3 is 2.10 bits per heavy atom. The molecule has 0 heterocycles. The lowest BCUT2D eigenvalue weighted by atomic mass is 10.0. The normalized spacial score (nSPS) is 12.6. The quantitative estimate of drug-likeness (QED) is 0.522. The van der Waals surface area contributed by atoms with E-state index in [9.17, 15) is 5.11 Å². The van der Waals surface area contributed by atoms with E-state index in [0.717, 1.165) is 18.4 Å². The van der Waals surface area contributed by atoms with E-state index in [1.807, 2.05) is 18.2 Å². The van der Waals surface area contributed by atoms with Crippen molar-refractivity contribution in [3.63, 3.8) is 0 Å². The molecule has 0 fully saturated rings. The second-order valence-electron chi connectivity index (χ2n) is 5.47. The minimum Gasteiger partial charge on any atom is -0.393 e. The van der Waals surface area contributed by atoms with Gasteiger partial charge in [0.25, 0.3) is 0 Å². The first-order valence-corrected chi connectivity index (χ1v) is 8.51.